The van der Waals surface area contributed by atoms with Gasteiger partial charge in [-0.25, -0.2) is 0 Å². The average Bonchev–Trinajstić information content (AvgIpc) is 2.84. The molecule has 0 saturated carbocycles. The molecule has 0 saturated heterocycles. The quantitative estimate of drug-likeness (QED) is 0.301. The predicted molar refractivity (Wildman–Crippen MR) is 117 cm³/mol. The summed E-state index contributed by atoms with van der Waals surface area (Å²) < 4.78 is 0. The van der Waals surface area contributed by atoms with Crippen molar-refractivity contribution < 1.29 is 0 Å². The zero-order chi connectivity index (χ0) is 21.9. The van der Waals surface area contributed by atoms with E-state index in [4.69, 9.17) is 0 Å². The van der Waals surface area contributed by atoms with Crippen molar-refractivity contribution in [3.05, 3.63) is 108 Å². The first-order valence-electron chi connectivity index (χ1n) is 9.86. The third-order valence-corrected chi connectivity index (χ3v) is 4.81. The van der Waals surface area contributed by atoms with Gasteiger partial charge in [-0.2, -0.15) is 15.8 Å². The minimum absolute atomic E-state index is 0.280. The molecule has 3 aromatic carbocycles. The van der Waals surface area contributed by atoms with Gasteiger partial charge in [0.25, 0.3) is 0 Å². The minimum Gasteiger partial charge on any atom is -0.265 e. The monoisotopic (exact) mass is 406 g/mol. The van der Waals surface area contributed by atoms with Crippen LogP contribution in [0.1, 0.15) is 16.7 Å². The summed E-state index contributed by atoms with van der Waals surface area (Å²) in [7, 11) is 0. The standard InChI is InChI=1S/C25H22N6/c26-19-29(16-22-10-4-1-5-11-22)25(30(20-27)17-23-12-6-2-7-13-23)31(21-28)18-24-14-8-3-9-15-24/h1-15,25H,16-18H2. The first-order chi connectivity index (χ1) is 15.2. The maximum absolute atomic E-state index is 9.98. The van der Waals surface area contributed by atoms with E-state index >= 15 is 0 Å². The van der Waals surface area contributed by atoms with E-state index < -0.39 is 6.29 Å². The summed E-state index contributed by atoms with van der Waals surface area (Å²) in [6, 6.07) is 28.6. The van der Waals surface area contributed by atoms with Gasteiger partial charge in [-0.3, -0.25) is 14.7 Å². The van der Waals surface area contributed by atoms with Crippen molar-refractivity contribution in [1.29, 1.82) is 15.8 Å². The van der Waals surface area contributed by atoms with Gasteiger partial charge in [0.15, 0.2) is 18.6 Å². The van der Waals surface area contributed by atoms with Crippen LogP contribution in [0.15, 0.2) is 91.0 Å². The maximum Gasteiger partial charge on any atom is 0.206 e. The second kappa shape index (κ2) is 10.9. The highest BCUT2D eigenvalue weighted by Crippen LogP contribution is 2.19. The molecule has 0 aliphatic heterocycles. The van der Waals surface area contributed by atoms with Crippen LogP contribution < -0.4 is 0 Å². The normalized spacial score (nSPS) is 9.87. The van der Waals surface area contributed by atoms with Crippen LogP contribution in [0, 0.1) is 34.4 Å². The van der Waals surface area contributed by atoms with Gasteiger partial charge >= 0.3 is 0 Å². The molecule has 0 atom stereocenters. The number of rotatable bonds is 9. The molecular formula is C25H22N6. The number of nitriles is 3. The van der Waals surface area contributed by atoms with Crippen LogP contribution in [0.4, 0.5) is 0 Å². The molecule has 6 heteroatoms. The zero-order valence-corrected chi connectivity index (χ0v) is 17.0. The predicted octanol–water partition coefficient (Wildman–Crippen LogP) is 4.22. The van der Waals surface area contributed by atoms with E-state index in [1.165, 1.54) is 14.7 Å². The van der Waals surface area contributed by atoms with E-state index in [0.29, 0.717) is 0 Å². The molecule has 0 spiro atoms. The van der Waals surface area contributed by atoms with Crippen molar-refractivity contribution >= 4 is 0 Å². The zero-order valence-electron chi connectivity index (χ0n) is 17.0. The summed E-state index contributed by atoms with van der Waals surface area (Å²) in [6.45, 7) is 0.839. The van der Waals surface area contributed by atoms with Crippen LogP contribution in [-0.4, -0.2) is 21.0 Å². The molecule has 3 rings (SSSR count). The van der Waals surface area contributed by atoms with Gasteiger partial charge in [0, 0.05) is 0 Å². The molecule has 0 aromatic heterocycles. The lowest BCUT2D eigenvalue weighted by atomic mass is 10.2. The fourth-order valence-corrected chi connectivity index (χ4v) is 3.35. The summed E-state index contributed by atoms with van der Waals surface area (Å²) in [5, 5.41) is 29.9. The molecule has 0 bridgehead atoms. The lowest BCUT2D eigenvalue weighted by Crippen LogP contribution is -2.53. The Bertz CT molecular complexity index is 923. The van der Waals surface area contributed by atoms with Crippen molar-refractivity contribution in [2.75, 3.05) is 0 Å². The Labute approximate surface area is 183 Å². The fraction of sp³-hybridized carbons (Fsp3) is 0.160. The van der Waals surface area contributed by atoms with Gasteiger partial charge in [-0.1, -0.05) is 91.0 Å². The van der Waals surface area contributed by atoms with Gasteiger partial charge in [0.05, 0.1) is 19.6 Å². The third-order valence-electron chi connectivity index (χ3n) is 4.81. The summed E-state index contributed by atoms with van der Waals surface area (Å²) in [5.74, 6) is 0. The molecule has 31 heavy (non-hydrogen) atoms. The van der Waals surface area contributed by atoms with Crippen LogP contribution >= 0.6 is 0 Å². The molecular weight excluding hydrogens is 384 g/mol. The lowest BCUT2D eigenvalue weighted by Gasteiger charge is -2.38. The van der Waals surface area contributed by atoms with Gasteiger partial charge in [-0.15, -0.1) is 0 Å². The molecule has 0 heterocycles. The van der Waals surface area contributed by atoms with Crippen molar-refractivity contribution in [1.82, 2.24) is 14.7 Å². The second-order valence-electron chi connectivity index (χ2n) is 6.99. The number of hydrogen-bond acceptors (Lipinski definition) is 6. The van der Waals surface area contributed by atoms with E-state index in [2.05, 4.69) is 18.6 Å². The van der Waals surface area contributed by atoms with Gasteiger partial charge in [-0.05, 0) is 16.7 Å². The van der Waals surface area contributed by atoms with E-state index in [1.807, 2.05) is 91.0 Å². The Morgan fingerprint density at radius 1 is 0.484 bits per heavy atom. The maximum atomic E-state index is 9.98. The van der Waals surface area contributed by atoms with Crippen LogP contribution in [0.2, 0.25) is 0 Å². The Morgan fingerprint density at radius 3 is 0.968 bits per heavy atom. The lowest BCUT2D eigenvalue weighted by molar-refractivity contribution is 0.00569. The van der Waals surface area contributed by atoms with Crippen LogP contribution in [0.5, 0.6) is 0 Å². The molecule has 0 N–H and O–H groups in total. The molecule has 0 amide bonds. The highest BCUT2D eigenvalue weighted by Gasteiger charge is 2.31. The SMILES string of the molecule is N#CN(Cc1ccccc1)C(N(C#N)Cc1ccccc1)N(C#N)Cc1ccccc1. The van der Waals surface area contributed by atoms with Crippen molar-refractivity contribution in [2.24, 2.45) is 0 Å². The van der Waals surface area contributed by atoms with Gasteiger partial charge < -0.3 is 0 Å². The second-order valence-corrected chi connectivity index (χ2v) is 6.99. The molecule has 0 radical (unpaired) electrons. The summed E-state index contributed by atoms with van der Waals surface area (Å²) in [6.07, 6.45) is 5.74. The van der Waals surface area contributed by atoms with E-state index in [-0.39, 0.29) is 19.6 Å². The number of hydrogen-bond donors (Lipinski definition) is 0. The van der Waals surface area contributed by atoms with E-state index in [1.54, 1.807) is 0 Å². The largest absolute Gasteiger partial charge is 0.265 e. The summed E-state index contributed by atoms with van der Waals surface area (Å²) in [4.78, 5) is 4.40. The number of benzene rings is 3. The molecule has 3 aromatic rings. The molecule has 0 aliphatic rings. The van der Waals surface area contributed by atoms with Crippen molar-refractivity contribution in [3.63, 3.8) is 0 Å². The van der Waals surface area contributed by atoms with Crippen LogP contribution in [0.25, 0.3) is 0 Å². The molecule has 0 fully saturated rings. The smallest absolute Gasteiger partial charge is 0.206 e. The fourth-order valence-electron chi connectivity index (χ4n) is 3.35. The molecule has 6 nitrogen and oxygen atoms in total. The average molecular weight is 406 g/mol. The first-order valence-corrected chi connectivity index (χ1v) is 9.86. The Balaban J connectivity index is 1.95. The van der Waals surface area contributed by atoms with Gasteiger partial charge in [0.1, 0.15) is 0 Å². The Morgan fingerprint density at radius 2 is 0.742 bits per heavy atom. The van der Waals surface area contributed by atoms with Gasteiger partial charge in [0.2, 0.25) is 6.29 Å². The molecule has 152 valence electrons. The summed E-state index contributed by atoms with van der Waals surface area (Å²) in [5.41, 5.74) is 2.76. The third kappa shape index (κ3) is 5.76. The van der Waals surface area contributed by atoms with E-state index in [9.17, 15) is 15.8 Å². The first kappa shape index (κ1) is 21.2. The molecule has 0 aliphatic carbocycles. The van der Waals surface area contributed by atoms with E-state index in [0.717, 1.165) is 16.7 Å². The summed E-state index contributed by atoms with van der Waals surface area (Å²) >= 11 is 0. The molecule has 0 unspecified atom stereocenters. The van der Waals surface area contributed by atoms with Crippen LogP contribution in [0.3, 0.4) is 0 Å². The minimum atomic E-state index is -0.861. The Hall–Kier alpha value is -4.47. The topological polar surface area (TPSA) is 81.1 Å². The van der Waals surface area contributed by atoms with Crippen molar-refractivity contribution in [2.45, 2.75) is 25.9 Å². The highest BCUT2D eigenvalue weighted by molar-refractivity contribution is 5.19. The number of nitrogens with zero attached hydrogens (tertiary/aromatic N) is 6. The highest BCUT2D eigenvalue weighted by atomic mass is 15.5. The van der Waals surface area contributed by atoms with Crippen LogP contribution in [-0.2, 0) is 19.6 Å². The van der Waals surface area contributed by atoms with Crippen molar-refractivity contribution in [3.8, 4) is 18.6 Å². The Kier molecular flexibility index (Phi) is 7.47.